The lowest BCUT2D eigenvalue weighted by molar-refractivity contribution is 0.275. The van der Waals surface area contributed by atoms with Gasteiger partial charge in [-0.25, -0.2) is 4.98 Å². The van der Waals surface area contributed by atoms with Crippen molar-refractivity contribution in [1.29, 1.82) is 5.26 Å². The topological polar surface area (TPSA) is 89.8 Å². The van der Waals surface area contributed by atoms with Gasteiger partial charge in [0, 0.05) is 12.0 Å². The fraction of sp³-hybridized carbons (Fsp3) is 0.375. The first-order valence-corrected chi connectivity index (χ1v) is 3.83. The van der Waals surface area contributed by atoms with E-state index in [0.29, 0.717) is 17.7 Å². The molecule has 0 aliphatic carbocycles. The molecule has 0 aliphatic rings. The first kappa shape index (κ1) is 9.42. The highest BCUT2D eigenvalue weighted by Gasteiger charge is 2.06. The van der Waals surface area contributed by atoms with Gasteiger partial charge in [-0.3, -0.25) is 4.79 Å². The number of nitrogens with zero attached hydrogens (tertiary/aromatic N) is 2. The lowest BCUT2D eigenvalue weighted by Gasteiger charge is -2.01. The third-order valence-electron chi connectivity index (χ3n) is 1.68. The van der Waals surface area contributed by atoms with Crippen LogP contribution in [0.2, 0.25) is 0 Å². The molecule has 0 amide bonds. The number of nitrogens with one attached hydrogen (secondary N) is 1. The zero-order valence-electron chi connectivity index (χ0n) is 6.95. The second-order valence-corrected chi connectivity index (χ2v) is 2.47. The third kappa shape index (κ3) is 2.13. The molecule has 68 valence electrons. The predicted octanol–water partition coefficient (Wildman–Crippen LogP) is -0.282. The monoisotopic (exact) mass is 179 g/mol. The summed E-state index contributed by atoms with van der Waals surface area (Å²) in [6.45, 7) is -0.273. The fourth-order valence-electron chi connectivity index (χ4n) is 1.04. The number of aromatic amines is 1. The van der Waals surface area contributed by atoms with Gasteiger partial charge in [0.15, 0.2) is 0 Å². The molecule has 13 heavy (non-hydrogen) atoms. The van der Waals surface area contributed by atoms with E-state index in [1.807, 2.05) is 6.07 Å². The van der Waals surface area contributed by atoms with E-state index in [-0.39, 0.29) is 18.6 Å². The molecule has 1 aromatic rings. The van der Waals surface area contributed by atoms with Gasteiger partial charge >= 0.3 is 0 Å². The fourth-order valence-corrected chi connectivity index (χ4v) is 1.04. The zero-order valence-corrected chi connectivity index (χ0v) is 6.95. The zero-order chi connectivity index (χ0) is 9.68. The van der Waals surface area contributed by atoms with Gasteiger partial charge in [0.05, 0.1) is 24.7 Å². The Labute approximate surface area is 74.7 Å². The van der Waals surface area contributed by atoms with Crippen molar-refractivity contribution in [2.75, 3.05) is 0 Å². The average Bonchev–Trinajstić information content (AvgIpc) is 2.15. The summed E-state index contributed by atoms with van der Waals surface area (Å²) in [6.07, 6.45) is 1.82. The highest BCUT2D eigenvalue weighted by Crippen LogP contribution is 2.01. The summed E-state index contributed by atoms with van der Waals surface area (Å²) >= 11 is 0. The summed E-state index contributed by atoms with van der Waals surface area (Å²) in [5.74, 6) is 0. The van der Waals surface area contributed by atoms with Gasteiger partial charge in [-0.2, -0.15) is 5.26 Å². The lowest BCUT2D eigenvalue weighted by atomic mass is 10.1. The summed E-state index contributed by atoms with van der Waals surface area (Å²) in [5.41, 5.74) is 0.458. The van der Waals surface area contributed by atoms with Gasteiger partial charge in [-0.1, -0.05) is 0 Å². The van der Waals surface area contributed by atoms with Crippen molar-refractivity contribution in [3.63, 3.8) is 0 Å². The van der Waals surface area contributed by atoms with Crippen LogP contribution in [0.4, 0.5) is 0 Å². The number of aliphatic hydroxyl groups excluding tert-OH is 1. The van der Waals surface area contributed by atoms with Crippen molar-refractivity contribution < 1.29 is 5.11 Å². The largest absolute Gasteiger partial charge is 0.390 e. The van der Waals surface area contributed by atoms with Gasteiger partial charge in [0.25, 0.3) is 5.56 Å². The van der Waals surface area contributed by atoms with Gasteiger partial charge in [-0.15, -0.1) is 0 Å². The van der Waals surface area contributed by atoms with Crippen molar-refractivity contribution in [3.05, 3.63) is 27.9 Å². The van der Waals surface area contributed by atoms with E-state index in [9.17, 15) is 4.79 Å². The predicted molar refractivity (Wildman–Crippen MR) is 44.7 cm³/mol. The normalized spacial score (nSPS) is 9.54. The Bertz CT molecular complexity index is 378. The molecule has 0 aromatic carbocycles. The molecule has 5 heteroatoms. The summed E-state index contributed by atoms with van der Waals surface area (Å²) in [7, 11) is 0. The second kappa shape index (κ2) is 4.38. The van der Waals surface area contributed by atoms with Crippen LogP contribution in [0.1, 0.15) is 17.7 Å². The first-order valence-electron chi connectivity index (χ1n) is 3.83. The molecule has 1 rings (SSSR count). The molecule has 0 bridgehead atoms. The average molecular weight is 179 g/mol. The minimum Gasteiger partial charge on any atom is -0.390 e. The van der Waals surface area contributed by atoms with Crippen molar-refractivity contribution in [3.8, 4) is 6.07 Å². The highest BCUT2D eigenvalue weighted by molar-refractivity contribution is 5.16. The number of rotatable bonds is 3. The maximum Gasteiger partial charge on any atom is 0.254 e. The van der Waals surface area contributed by atoms with Crippen LogP contribution in [0.5, 0.6) is 0 Å². The Kier molecular flexibility index (Phi) is 3.17. The summed E-state index contributed by atoms with van der Waals surface area (Å²) < 4.78 is 0. The molecule has 1 heterocycles. The Morgan fingerprint density at radius 3 is 3.08 bits per heavy atom. The second-order valence-electron chi connectivity index (χ2n) is 2.47. The van der Waals surface area contributed by atoms with E-state index in [2.05, 4.69) is 9.97 Å². The van der Waals surface area contributed by atoms with Crippen LogP contribution in [-0.4, -0.2) is 15.1 Å². The summed E-state index contributed by atoms with van der Waals surface area (Å²) in [5, 5.41) is 17.2. The Balaban J connectivity index is 3.02. The van der Waals surface area contributed by atoms with E-state index in [4.69, 9.17) is 10.4 Å². The molecule has 0 spiro atoms. The molecule has 1 aromatic heterocycles. The van der Waals surface area contributed by atoms with Crippen molar-refractivity contribution in [2.24, 2.45) is 0 Å². The molecule has 0 aliphatic heterocycles. The standard InChI is InChI=1S/C8H9N3O2/c9-3-1-2-6-7(4-12)10-5-11-8(6)13/h5,12H,1-2,4H2,(H,10,11,13). The minimum absolute atomic E-state index is 0.252. The molecule has 0 saturated carbocycles. The number of nitriles is 1. The lowest BCUT2D eigenvalue weighted by Crippen LogP contribution is -2.16. The van der Waals surface area contributed by atoms with Crippen LogP contribution in [0, 0.1) is 11.3 Å². The van der Waals surface area contributed by atoms with E-state index in [1.54, 1.807) is 0 Å². The molecule has 0 fully saturated rings. The molecule has 5 nitrogen and oxygen atoms in total. The quantitative estimate of drug-likeness (QED) is 0.667. The Morgan fingerprint density at radius 2 is 2.46 bits per heavy atom. The number of aromatic nitrogens is 2. The van der Waals surface area contributed by atoms with Gasteiger partial charge in [-0.05, 0) is 6.42 Å². The minimum atomic E-state index is -0.283. The van der Waals surface area contributed by atoms with Gasteiger partial charge in [0.2, 0.25) is 0 Å². The van der Waals surface area contributed by atoms with Gasteiger partial charge < -0.3 is 10.1 Å². The van der Waals surface area contributed by atoms with E-state index in [0.717, 1.165) is 0 Å². The smallest absolute Gasteiger partial charge is 0.254 e. The van der Waals surface area contributed by atoms with Crippen LogP contribution in [0.3, 0.4) is 0 Å². The third-order valence-corrected chi connectivity index (χ3v) is 1.68. The SMILES string of the molecule is N#CCCc1c(CO)nc[nH]c1=O. The van der Waals surface area contributed by atoms with Crippen LogP contribution < -0.4 is 5.56 Å². The van der Waals surface area contributed by atoms with E-state index >= 15 is 0 Å². The molecular weight excluding hydrogens is 170 g/mol. The first-order chi connectivity index (χ1) is 6.29. The van der Waals surface area contributed by atoms with Crippen molar-refractivity contribution in [1.82, 2.24) is 9.97 Å². The maximum atomic E-state index is 11.2. The van der Waals surface area contributed by atoms with Crippen LogP contribution in [0.25, 0.3) is 0 Å². The Hall–Kier alpha value is -1.67. The number of hydrogen-bond donors (Lipinski definition) is 2. The number of hydrogen-bond acceptors (Lipinski definition) is 4. The van der Waals surface area contributed by atoms with E-state index in [1.165, 1.54) is 6.33 Å². The van der Waals surface area contributed by atoms with Gasteiger partial charge in [0.1, 0.15) is 0 Å². The molecule has 0 saturated heterocycles. The molecular formula is C8H9N3O2. The maximum absolute atomic E-state index is 11.2. The molecule has 0 radical (unpaired) electrons. The van der Waals surface area contributed by atoms with Crippen molar-refractivity contribution >= 4 is 0 Å². The summed E-state index contributed by atoms with van der Waals surface area (Å²) in [6, 6.07) is 1.93. The molecule has 0 atom stereocenters. The number of H-pyrrole nitrogens is 1. The van der Waals surface area contributed by atoms with E-state index < -0.39 is 0 Å². The number of aliphatic hydroxyl groups is 1. The summed E-state index contributed by atoms with van der Waals surface area (Å²) in [4.78, 5) is 17.4. The molecule has 0 unspecified atom stereocenters. The van der Waals surface area contributed by atoms with Crippen LogP contribution in [0.15, 0.2) is 11.1 Å². The Morgan fingerprint density at radius 1 is 1.69 bits per heavy atom. The highest BCUT2D eigenvalue weighted by atomic mass is 16.3. The van der Waals surface area contributed by atoms with Crippen LogP contribution in [-0.2, 0) is 13.0 Å². The van der Waals surface area contributed by atoms with Crippen molar-refractivity contribution in [2.45, 2.75) is 19.4 Å². The molecule has 2 N–H and O–H groups in total. The van der Waals surface area contributed by atoms with Crippen LogP contribution >= 0.6 is 0 Å².